The molecule has 0 saturated carbocycles. The number of pyridine rings is 1. The van der Waals surface area contributed by atoms with Crippen LogP contribution in [-0.2, 0) is 26.0 Å². The van der Waals surface area contributed by atoms with Gasteiger partial charge in [0, 0.05) is 30.4 Å². The molecule has 150 valence electrons. The highest BCUT2D eigenvalue weighted by atomic mass is 32.2. The zero-order chi connectivity index (χ0) is 20.7. The maximum atomic E-state index is 13.1. The Morgan fingerprint density at radius 1 is 0.966 bits per heavy atom. The van der Waals surface area contributed by atoms with Gasteiger partial charge in [0.15, 0.2) is 9.84 Å². The number of thiophene rings is 1. The molecule has 0 fully saturated rings. The van der Waals surface area contributed by atoms with E-state index in [-0.39, 0.29) is 18.0 Å². The molecule has 2 amide bonds. The lowest BCUT2D eigenvalue weighted by atomic mass is 10.3. The summed E-state index contributed by atoms with van der Waals surface area (Å²) in [5, 5.41) is 5.72. The highest BCUT2D eigenvalue weighted by Crippen LogP contribution is 2.31. The lowest BCUT2D eigenvalue weighted by Crippen LogP contribution is -2.42. The minimum atomic E-state index is -3.74. The first-order valence-electron chi connectivity index (χ1n) is 8.76. The normalized spacial score (nSPS) is 12.1. The average Bonchev–Trinajstić information content (AvgIpc) is 3.27. The van der Waals surface area contributed by atoms with Crippen molar-refractivity contribution in [2.24, 2.45) is 0 Å². The van der Waals surface area contributed by atoms with Crippen LogP contribution in [0.5, 0.6) is 0 Å². The van der Waals surface area contributed by atoms with Crippen LogP contribution in [0, 0.1) is 0 Å². The molecule has 2 heterocycles. The Morgan fingerprint density at radius 3 is 2.38 bits per heavy atom. The van der Waals surface area contributed by atoms with Gasteiger partial charge < -0.3 is 10.6 Å². The number of sulfone groups is 1. The lowest BCUT2D eigenvalue weighted by molar-refractivity contribution is -0.139. The summed E-state index contributed by atoms with van der Waals surface area (Å²) in [6.45, 7) is -0.0619. The average molecular weight is 430 g/mol. The predicted molar refractivity (Wildman–Crippen MR) is 110 cm³/mol. The van der Waals surface area contributed by atoms with Gasteiger partial charge in [-0.25, -0.2) is 8.42 Å². The van der Waals surface area contributed by atoms with Gasteiger partial charge in [0.05, 0.1) is 4.90 Å². The van der Waals surface area contributed by atoms with Crippen LogP contribution in [0.1, 0.15) is 15.7 Å². The molecule has 0 aliphatic rings. The number of rotatable bonds is 7. The number of hydrogen-bond donors (Lipinski definition) is 2. The summed E-state index contributed by atoms with van der Waals surface area (Å²) in [4.78, 5) is 28.9. The Hall–Kier alpha value is -3.04. The van der Waals surface area contributed by atoms with E-state index < -0.39 is 26.9 Å². The summed E-state index contributed by atoms with van der Waals surface area (Å²) < 4.78 is 26.1. The van der Waals surface area contributed by atoms with Crippen LogP contribution >= 0.6 is 11.3 Å². The topological polar surface area (TPSA) is 105 Å². The van der Waals surface area contributed by atoms with Crippen molar-refractivity contribution < 1.29 is 18.0 Å². The first kappa shape index (κ1) is 20.7. The number of benzene rings is 1. The van der Waals surface area contributed by atoms with Crippen molar-refractivity contribution in [2.75, 3.05) is 6.54 Å². The van der Waals surface area contributed by atoms with Crippen LogP contribution in [0.2, 0.25) is 0 Å². The third kappa shape index (κ3) is 5.27. The number of carbonyl (C=O) groups excluding carboxylic acids is 2. The minimum absolute atomic E-state index is 0.150. The van der Waals surface area contributed by atoms with E-state index in [0.717, 1.165) is 5.56 Å². The third-order valence-electron chi connectivity index (χ3n) is 4.14. The second kappa shape index (κ2) is 9.44. The minimum Gasteiger partial charge on any atom is -0.346 e. The van der Waals surface area contributed by atoms with Gasteiger partial charge in [-0.15, -0.1) is 11.3 Å². The zero-order valence-electron chi connectivity index (χ0n) is 15.3. The predicted octanol–water partition coefficient (Wildman–Crippen LogP) is 2.09. The van der Waals surface area contributed by atoms with Crippen LogP contribution in [0.3, 0.4) is 0 Å². The molecule has 0 aliphatic carbocycles. The van der Waals surface area contributed by atoms with Crippen molar-refractivity contribution >= 4 is 33.0 Å². The quantitative estimate of drug-likeness (QED) is 0.560. The monoisotopic (exact) mass is 429 g/mol. The number of amides is 2. The molecule has 29 heavy (non-hydrogen) atoms. The van der Waals surface area contributed by atoms with Crippen molar-refractivity contribution in [3.05, 3.63) is 82.8 Å². The molecule has 0 spiro atoms. The summed E-state index contributed by atoms with van der Waals surface area (Å²) in [5.41, 5.74) is 0.747. The highest BCUT2D eigenvalue weighted by molar-refractivity contribution is 7.91. The smallest absolute Gasteiger partial charge is 0.309 e. The van der Waals surface area contributed by atoms with Gasteiger partial charge in [-0.05, 0) is 35.2 Å². The summed E-state index contributed by atoms with van der Waals surface area (Å²) in [6.07, 6.45) is 3.19. The molecule has 0 bridgehead atoms. The standard InChI is InChI=1S/C20H19N3O4S2/c24-19(22-13-15-6-4-10-21-12-15)20(25)23-14-18(17-9-5-11-28-17)29(26,27)16-7-2-1-3-8-16/h1-12,18H,13-14H2,(H,22,24)(H,23,25)/t18-/m1/s1. The maximum absolute atomic E-state index is 13.1. The highest BCUT2D eigenvalue weighted by Gasteiger charge is 2.31. The number of aromatic nitrogens is 1. The Kier molecular flexibility index (Phi) is 6.73. The van der Waals surface area contributed by atoms with E-state index >= 15 is 0 Å². The van der Waals surface area contributed by atoms with Crippen molar-refractivity contribution in [2.45, 2.75) is 16.7 Å². The fourth-order valence-corrected chi connectivity index (χ4v) is 5.45. The van der Waals surface area contributed by atoms with E-state index in [2.05, 4.69) is 15.6 Å². The SMILES string of the molecule is O=C(NCc1cccnc1)C(=O)NC[C@H](c1cccs1)S(=O)(=O)c1ccccc1. The summed E-state index contributed by atoms with van der Waals surface area (Å²) >= 11 is 1.28. The van der Waals surface area contributed by atoms with Crippen LogP contribution in [0.25, 0.3) is 0 Å². The van der Waals surface area contributed by atoms with E-state index in [9.17, 15) is 18.0 Å². The Bertz CT molecular complexity index is 1050. The molecule has 0 aliphatic heterocycles. The van der Waals surface area contributed by atoms with Crippen LogP contribution in [0.15, 0.2) is 77.3 Å². The van der Waals surface area contributed by atoms with E-state index in [1.165, 1.54) is 23.5 Å². The van der Waals surface area contributed by atoms with Crippen molar-refractivity contribution in [3.63, 3.8) is 0 Å². The summed E-state index contributed by atoms with van der Waals surface area (Å²) in [5.74, 6) is -1.73. The van der Waals surface area contributed by atoms with Crippen molar-refractivity contribution in [1.82, 2.24) is 15.6 Å². The molecule has 1 aromatic carbocycles. The van der Waals surface area contributed by atoms with E-state index in [4.69, 9.17) is 0 Å². The Labute approximate surface area is 172 Å². The molecule has 0 unspecified atom stereocenters. The van der Waals surface area contributed by atoms with E-state index in [1.807, 2.05) is 0 Å². The van der Waals surface area contributed by atoms with Crippen LogP contribution in [-0.4, -0.2) is 31.8 Å². The molecule has 9 heteroatoms. The second-order valence-electron chi connectivity index (χ2n) is 6.12. The van der Waals surface area contributed by atoms with Gasteiger partial charge in [0.25, 0.3) is 0 Å². The number of nitrogens with zero attached hydrogens (tertiary/aromatic N) is 1. The molecule has 1 atom stereocenters. The molecule has 0 saturated heterocycles. The van der Waals surface area contributed by atoms with Gasteiger partial charge in [-0.2, -0.15) is 0 Å². The number of carbonyl (C=O) groups is 2. The fourth-order valence-electron chi connectivity index (χ4n) is 2.64. The van der Waals surface area contributed by atoms with Gasteiger partial charge in [-0.3, -0.25) is 14.6 Å². The van der Waals surface area contributed by atoms with Crippen LogP contribution in [0.4, 0.5) is 0 Å². The first-order chi connectivity index (χ1) is 14.0. The molecule has 3 rings (SSSR count). The van der Waals surface area contributed by atoms with Gasteiger partial charge in [0.1, 0.15) is 5.25 Å². The third-order valence-corrected chi connectivity index (χ3v) is 7.37. The Morgan fingerprint density at radius 2 is 1.72 bits per heavy atom. The zero-order valence-corrected chi connectivity index (χ0v) is 16.9. The lowest BCUT2D eigenvalue weighted by Gasteiger charge is -2.17. The molecule has 2 aromatic heterocycles. The van der Waals surface area contributed by atoms with Gasteiger partial charge >= 0.3 is 11.8 Å². The molecule has 0 radical (unpaired) electrons. The molecule has 7 nitrogen and oxygen atoms in total. The van der Waals surface area contributed by atoms with E-state index in [1.54, 1.807) is 60.2 Å². The van der Waals surface area contributed by atoms with Crippen molar-refractivity contribution in [3.8, 4) is 0 Å². The molecule has 3 aromatic rings. The number of hydrogen-bond acceptors (Lipinski definition) is 6. The fraction of sp³-hybridized carbons (Fsp3) is 0.150. The molecular weight excluding hydrogens is 410 g/mol. The first-order valence-corrected chi connectivity index (χ1v) is 11.2. The summed E-state index contributed by atoms with van der Waals surface area (Å²) in [6, 6.07) is 15.0. The van der Waals surface area contributed by atoms with Crippen LogP contribution < -0.4 is 10.6 Å². The van der Waals surface area contributed by atoms with E-state index in [0.29, 0.717) is 4.88 Å². The summed E-state index contributed by atoms with van der Waals surface area (Å²) in [7, 11) is -3.74. The number of nitrogens with one attached hydrogen (secondary N) is 2. The Balaban J connectivity index is 1.67. The van der Waals surface area contributed by atoms with Gasteiger partial charge in [-0.1, -0.05) is 30.3 Å². The van der Waals surface area contributed by atoms with Crippen molar-refractivity contribution in [1.29, 1.82) is 0 Å². The largest absolute Gasteiger partial charge is 0.346 e. The van der Waals surface area contributed by atoms with Gasteiger partial charge in [0.2, 0.25) is 0 Å². The molecule has 2 N–H and O–H groups in total. The molecular formula is C20H19N3O4S2. The second-order valence-corrected chi connectivity index (χ2v) is 9.23. The maximum Gasteiger partial charge on any atom is 0.309 e.